The molecule has 0 amide bonds. The standard InChI is InChI=1S/C9H9IN2O4S/c10-5-1-2-6(7(3-5)17(15)16)12-8(11)4-9(13)14/h1-3H,4H2,(H2,11,12)(H,13,14)(H,15,16)/p-1. The van der Waals surface area contributed by atoms with Gasteiger partial charge in [-0.15, -0.1) is 0 Å². The molecule has 8 heteroatoms. The van der Waals surface area contributed by atoms with Crippen molar-refractivity contribution < 1.29 is 18.7 Å². The number of rotatable bonds is 4. The molecule has 0 aliphatic heterocycles. The Labute approximate surface area is 113 Å². The number of carboxylic acid groups (broad SMARTS) is 1. The average Bonchev–Trinajstić information content (AvgIpc) is 2.19. The minimum absolute atomic E-state index is 0.00904. The number of halogens is 1. The van der Waals surface area contributed by atoms with Gasteiger partial charge in [-0.1, -0.05) is 0 Å². The highest BCUT2D eigenvalue weighted by molar-refractivity contribution is 14.1. The van der Waals surface area contributed by atoms with Crippen molar-refractivity contribution in [3.8, 4) is 0 Å². The van der Waals surface area contributed by atoms with E-state index in [1.54, 1.807) is 6.07 Å². The molecule has 1 atom stereocenters. The summed E-state index contributed by atoms with van der Waals surface area (Å²) in [4.78, 5) is 14.2. The molecule has 0 aliphatic carbocycles. The molecule has 0 spiro atoms. The van der Waals surface area contributed by atoms with Gasteiger partial charge in [-0.05, 0) is 51.9 Å². The van der Waals surface area contributed by atoms with Gasteiger partial charge in [0.15, 0.2) is 0 Å². The first-order valence-corrected chi connectivity index (χ1v) is 6.49. The summed E-state index contributed by atoms with van der Waals surface area (Å²) < 4.78 is 22.6. The lowest BCUT2D eigenvalue weighted by atomic mass is 10.3. The van der Waals surface area contributed by atoms with Crippen molar-refractivity contribution in [3.63, 3.8) is 0 Å². The Morgan fingerprint density at radius 2 is 2.24 bits per heavy atom. The van der Waals surface area contributed by atoms with Crippen molar-refractivity contribution in [2.24, 2.45) is 10.7 Å². The van der Waals surface area contributed by atoms with Crippen molar-refractivity contribution in [1.82, 2.24) is 0 Å². The summed E-state index contributed by atoms with van der Waals surface area (Å²) in [6, 6.07) is 4.56. The Balaban J connectivity index is 3.13. The second-order valence-corrected chi connectivity index (χ2v) is 5.18. The quantitative estimate of drug-likeness (QED) is 0.356. The van der Waals surface area contributed by atoms with E-state index in [1.165, 1.54) is 12.1 Å². The SMILES string of the molecule is NC(CC(=O)O)=Nc1ccc(I)cc1S(=O)[O-]. The zero-order chi connectivity index (χ0) is 13.0. The number of nitrogens with two attached hydrogens (primary N) is 1. The van der Waals surface area contributed by atoms with Gasteiger partial charge in [0.1, 0.15) is 12.3 Å². The third-order valence-corrected chi connectivity index (χ3v) is 3.05. The van der Waals surface area contributed by atoms with E-state index in [9.17, 15) is 13.6 Å². The highest BCUT2D eigenvalue weighted by Crippen LogP contribution is 2.24. The summed E-state index contributed by atoms with van der Waals surface area (Å²) in [7, 11) is 0. The molecule has 1 unspecified atom stereocenters. The summed E-state index contributed by atoms with van der Waals surface area (Å²) in [6.45, 7) is 0. The second kappa shape index (κ2) is 6.07. The molecular formula is C9H8IN2O4S-. The Hall–Kier alpha value is -1.000. The predicted molar refractivity (Wildman–Crippen MR) is 69.9 cm³/mol. The van der Waals surface area contributed by atoms with Gasteiger partial charge in [0, 0.05) is 3.57 Å². The van der Waals surface area contributed by atoms with Crippen molar-refractivity contribution in [1.29, 1.82) is 0 Å². The third kappa shape index (κ3) is 4.40. The molecule has 1 rings (SSSR count). The van der Waals surface area contributed by atoms with Crippen molar-refractivity contribution in [3.05, 3.63) is 21.8 Å². The van der Waals surface area contributed by atoms with E-state index in [-0.39, 0.29) is 16.4 Å². The van der Waals surface area contributed by atoms with Crippen LogP contribution in [0.2, 0.25) is 0 Å². The average molecular weight is 367 g/mol. The van der Waals surface area contributed by atoms with Crippen LogP contribution in [0.3, 0.4) is 0 Å². The molecule has 3 N–H and O–H groups in total. The number of nitrogens with zero attached hydrogens (tertiary/aromatic N) is 1. The maximum Gasteiger partial charge on any atom is 0.310 e. The van der Waals surface area contributed by atoms with Crippen LogP contribution < -0.4 is 5.73 Å². The summed E-state index contributed by atoms with van der Waals surface area (Å²) in [5.74, 6) is -1.27. The highest BCUT2D eigenvalue weighted by Gasteiger charge is 2.06. The number of aliphatic imine (C=N–C) groups is 1. The van der Waals surface area contributed by atoms with Gasteiger partial charge in [0.05, 0.1) is 10.6 Å². The van der Waals surface area contributed by atoms with E-state index in [4.69, 9.17) is 10.8 Å². The van der Waals surface area contributed by atoms with Crippen molar-refractivity contribution >= 4 is 51.2 Å². The number of benzene rings is 1. The summed E-state index contributed by atoms with van der Waals surface area (Å²) >= 11 is -0.483. The Morgan fingerprint density at radius 3 is 2.76 bits per heavy atom. The topological polar surface area (TPSA) is 116 Å². The largest absolute Gasteiger partial charge is 0.768 e. The lowest BCUT2D eigenvalue weighted by Gasteiger charge is -2.09. The van der Waals surface area contributed by atoms with Gasteiger partial charge >= 0.3 is 5.97 Å². The monoisotopic (exact) mass is 367 g/mol. The minimum Gasteiger partial charge on any atom is -0.768 e. The van der Waals surface area contributed by atoms with Crippen LogP contribution in [-0.2, 0) is 15.9 Å². The summed E-state index contributed by atoms with van der Waals surface area (Å²) in [6.07, 6.45) is -0.434. The van der Waals surface area contributed by atoms with E-state index < -0.39 is 23.5 Å². The zero-order valence-electron chi connectivity index (χ0n) is 8.42. The molecule has 6 nitrogen and oxygen atoms in total. The van der Waals surface area contributed by atoms with E-state index in [0.29, 0.717) is 0 Å². The van der Waals surface area contributed by atoms with Crippen molar-refractivity contribution in [2.45, 2.75) is 11.3 Å². The molecule has 0 saturated carbocycles. The molecule has 0 fully saturated rings. The van der Waals surface area contributed by atoms with Crippen LogP contribution in [0.1, 0.15) is 6.42 Å². The molecule has 0 aliphatic rings. The Kier molecular flexibility index (Phi) is 5.02. The van der Waals surface area contributed by atoms with Crippen LogP contribution in [-0.4, -0.2) is 25.7 Å². The second-order valence-electron chi connectivity index (χ2n) is 3.02. The molecule has 0 aromatic heterocycles. The lowest BCUT2D eigenvalue weighted by molar-refractivity contribution is -0.135. The van der Waals surface area contributed by atoms with E-state index in [1.807, 2.05) is 22.6 Å². The first-order valence-electron chi connectivity index (χ1n) is 4.34. The molecule has 0 bridgehead atoms. The van der Waals surface area contributed by atoms with Crippen LogP contribution in [0.25, 0.3) is 0 Å². The number of carboxylic acids is 1. The van der Waals surface area contributed by atoms with Crippen LogP contribution in [0.5, 0.6) is 0 Å². The van der Waals surface area contributed by atoms with E-state index in [0.717, 1.165) is 3.57 Å². The zero-order valence-corrected chi connectivity index (χ0v) is 11.4. The third-order valence-electron chi connectivity index (χ3n) is 1.70. The summed E-state index contributed by atoms with van der Waals surface area (Å²) in [5.41, 5.74) is 5.52. The maximum absolute atomic E-state index is 10.9. The summed E-state index contributed by atoms with van der Waals surface area (Å²) in [5, 5.41) is 8.50. The Bertz CT molecular complexity index is 504. The number of hydrogen-bond donors (Lipinski definition) is 2. The van der Waals surface area contributed by atoms with Crippen LogP contribution in [0.4, 0.5) is 5.69 Å². The fourth-order valence-corrected chi connectivity index (χ4v) is 2.27. The molecule has 0 heterocycles. The smallest absolute Gasteiger partial charge is 0.310 e. The van der Waals surface area contributed by atoms with Crippen LogP contribution >= 0.6 is 22.6 Å². The van der Waals surface area contributed by atoms with Gasteiger partial charge in [-0.3, -0.25) is 9.00 Å². The molecule has 92 valence electrons. The van der Waals surface area contributed by atoms with Crippen LogP contribution in [0, 0.1) is 3.57 Å². The highest BCUT2D eigenvalue weighted by atomic mass is 127. The number of amidine groups is 1. The van der Waals surface area contributed by atoms with Crippen LogP contribution in [0.15, 0.2) is 28.1 Å². The minimum atomic E-state index is -2.44. The molecular weight excluding hydrogens is 359 g/mol. The van der Waals surface area contributed by atoms with E-state index >= 15 is 0 Å². The fourth-order valence-electron chi connectivity index (χ4n) is 1.06. The number of hydrogen-bond acceptors (Lipinski definition) is 4. The molecule has 1 aromatic rings. The molecule has 0 saturated heterocycles. The van der Waals surface area contributed by atoms with Crippen molar-refractivity contribution in [2.75, 3.05) is 0 Å². The van der Waals surface area contributed by atoms with Gasteiger partial charge in [-0.25, -0.2) is 4.99 Å². The lowest BCUT2D eigenvalue weighted by Crippen LogP contribution is -2.16. The number of carbonyl (C=O) groups is 1. The Morgan fingerprint density at radius 1 is 1.59 bits per heavy atom. The molecule has 1 aromatic carbocycles. The van der Waals surface area contributed by atoms with Gasteiger partial charge in [-0.2, -0.15) is 0 Å². The first-order chi connectivity index (χ1) is 7.90. The molecule has 0 radical (unpaired) electrons. The number of aliphatic carboxylic acids is 1. The van der Waals surface area contributed by atoms with Gasteiger partial charge in [0.25, 0.3) is 0 Å². The maximum atomic E-state index is 10.9. The van der Waals surface area contributed by atoms with E-state index in [2.05, 4.69) is 4.99 Å². The first kappa shape index (κ1) is 14.1. The molecule has 17 heavy (non-hydrogen) atoms. The fraction of sp³-hybridized carbons (Fsp3) is 0.111. The van der Waals surface area contributed by atoms with Gasteiger partial charge in [0.2, 0.25) is 0 Å². The van der Waals surface area contributed by atoms with Gasteiger partial charge < -0.3 is 15.4 Å². The predicted octanol–water partition coefficient (Wildman–Crippen LogP) is 0.993. The normalized spacial score (nSPS) is 13.4.